The molecule has 0 unspecified atom stereocenters. The van der Waals surface area contributed by atoms with Crippen molar-refractivity contribution in [3.8, 4) is 0 Å². The molecule has 1 saturated heterocycles. The zero-order valence-electron chi connectivity index (χ0n) is 11.0. The van der Waals surface area contributed by atoms with Crippen molar-refractivity contribution in [3.05, 3.63) is 0 Å². The van der Waals surface area contributed by atoms with Crippen molar-refractivity contribution >= 4 is 16.2 Å². The van der Waals surface area contributed by atoms with Crippen LogP contribution in [-0.2, 0) is 19.7 Å². The van der Waals surface area contributed by atoms with E-state index in [9.17, 15) is 13.2 Å². The Morgan fingerprint density at radius 3 is 2.11 bits per heavy atom. The summed E-state index contributed by atoms with van der Waals surface area (Å²) in [6.45, 7) is 7.18. The van der Waals surface area contributed by atoms with Crippen LogP contribution in [0.25, 0.3) is 0 Å². The van der Waals surface area contributed by atoms with Gasteiger partial charge in [-0.3, -0.25) is 9.69 Å². The molecule has 1 heterocycles. The third-order valence-corrected chi connectivity index (χ3v) is 3.55. The topological polar surface area (TPSA) is 92.9 Å². The van der Waals surface area contributed by atoms with Crippen LogP contribution in [0.3, 0.4) is 0 Å². The van der Waals surface area contributed by atoms with E-state index in [4.69, 9.17) is 9.88 Å². The molecule has 1 aliphatic rings. The van der Waals surface area contributed by atoms with E-state index < -0.39 is 15.8 Å². The maximum Gasteiger partial charge on any atom is 0.320 e. The van der Waals surface area contributed by atoms with Gasteiger partial charge in [-0.1, -0.05) is 0 Å². The van der Waals surface area contributed by atoms with Gasteiger partial charge in [-0.25, -0.2) is 5.14 Å². The van der Waals surface area contributed by atoms with Crippen LogP contribution < -0.4 is 5.14 Å². The highest BCUT2D eigenvalue weighted by Gasteiger charge is 2.26. The number of piperazine rings is 1. The minimum Gasteiger partial charge on any atom is -0.459 e. The summed E-state index contributed by atoms with van der Waals surface area (Å²) < 4.78 is 28.6. The lowest BCUT2D eigenvalue weighted by molar-refractivity contribution is -0.156. The van der Waals surface area contributed by atoms with Crippen LogP contribution >= 0.6 is 0 Å². The average molecular weight is 279 g/mol. The first-order valence-corrected chi connectivity index (χ1v) is 7.30. The van der Waals surface area contributed by atoms with Gasteiger partial charge in [0.25, 0.3) is 10.2 Å². The summed E-state index contributed by atoms with van der Waals surface area (Å²) in [6, 6.07) is 0. The monoisotopic (exact) mass is 279 g/mol. The second-order valence-corrected chi connectivity index (χ2v) is 6.85. The predicted octanol–water partition coefficient (Wildman–Crippen LogP) is -0.851. The first-order chi connectivity index (χ1) is 8.08. The van der Waals surface area contributed by atoms with Crippen LogP contribution in [-0.4, -0.2) is 61.9 Å². The minimum absolute atomic E-state index is 0.176. The summed E-state index contributed by atoms with van der Waals surface area (Å²) in [6.07, 6.45) is 0. The summed E-state index contributed by atoms with van der Waals surface area (Å²) in [4.78, 5) is 13.4. The van der Waals surface area contributed by atoms with E-state index >= 15 is 0 Å². The Hall–Kier alpha value is -0.700. The largest absolute Gasteiger partial charge is 0.459 e. The molecule has 0 aliphatic carbocycles. The highest BCUT2D eigenvalue weighted by Crippen LogP contribution is 2.09. The molecule has 106 valence electrons. The molecule has 7 nitrogen and oxygen atoms in total. The van der Waals surface area contributed by atoms with E-state index in [0.29, 0.717) is 26.2 Å². The number of carbonyl (C=O) groups is 1. The third-order valence-electron chi connectivity index (χ3n) is 2.46. The zero-order valence-corrected chi connectivity index (χ0v) is 11.9. The Kier molecular flexibility index (Phi) is 4.71. The number of ether oxygens (including phenoxy) is 1. The molecule has 0 atom stereocenters. The van der Waals surface area contributed by atoms with Crippen molar-refractivity contribution in [3.63, 3.8) is 0 Å². The van der Waals surface area contributed by atoms with Crippen LogP contribution in [0.4, 0.5) is 0 Å². The maximum atomic E-state index is 11.6. The summed E-state index contributed by atoms with van der Waals surface area (Å²) in [7, 11) is -3.62. The Morgan fingerprint density at radius 2 is 1.72 bits per heavy atom. The van der Waals surface area contributed by atoms with Crippen LogP contribution in [0.15, 0.2) is 0 Å². The molecular formula is C10H21N3O4S. The Bertz CT molecular complexity index is 394. The number of carbonyl (C=O) groups excluding carboxylic acids is 1. The van der Waals surface area contributed by atoms with Gasteiger partial charge in [0, 0.05) is 26.2 Å². The van der Waals surface area contributed by atoms with Crippen LogP contribution in [0.2, 0.25) is 0 Å². The van der Waals surface area contributed by atoms with E-state index in [2.05, 4.69) is 0 Å². The Morgan fingerprint density at radius 1 is 1.22 bits per heavy atom. The minimum atomic E-state index is -3.62. The molecule has 8 heteroatoms. The van der Waals surface area contributed by atoms with Crippen molar-refractivity contribution < 1.29 is 17.9 Å². The molecule has 1 aliphatic heterocycles. The molecule has 0 aromatic heterocycles. The van der Waals surface area contributed by atoms with Gasteiger partial charge in [-0.2, -0.15) is 12.7 Å². The summed E-state index contributed by atoms with van der Waals surface area (Å²) in [5.74, 6) is -0.299. The second-order valence-electron chi connectivity index (χ2n) is 5.31. The van der Waals surface area contributed by atoms with Crippen molar-refractivity contribution in [2.24, 2.45) is 5.14 Å². The molecule has 18 heavy (non-hydrogen) atoms. The Labute approximate surface area is 108 Å². The Balaban J connectivity index is 2.38. The summed E-state index contributed by atoms with van der Waals surface area (Å²) in [5.41, 5.74) is -0.500. The van der Waals surface area contributed by atoms with Crippen molar-refractivity contribution in [2.45, 2.75) is 26.4 Å². The standard InChI is InChI=1S/C10H21N3O4S/c1-10(2,3)17-9(14)8-12-4-6-13(7-5-12)18(11,15)16/h4-8H2,1-3H3,(H2,11,15,16). The van der Waals surface area contributed by atoms with Gasteiger partial charge in [0.1, 0.15) is 5.60 Å². The number of hydrogen-bond acceptors (Lipinski definition) is 5. The molecular weight excluding hydrogens is 258 g/mol. The van der Waals surface area contributed by atoms with Gasteiger partial charge < -0.3 is 4.74 Å². The molecule has 0 spiro atoms. The number of rotatable bonds is 3. The zero-order chi connectivity index (χ0) is 14.0. The van der Waals surface area contributed by atoms with Gasteiger partial charge in [0.2, 0.25) is 0 Å². The smallest absolute Gasteiger partial charge is 0.320 e. The fraction of sp³-hybridized carbons (Fsp3) is 0.900. The van der Waals surface area contributed by atoms with Crippen LogP contribution in [0.1, 0.15) is 20.8 Å². The normalized spacial score (nSPS) is 19.8. The van der Waals surface area contributed by atoms with E-state index in [-0.39, 0.29) is 12.5 Å². The maximum absolute atomic E-state index is 11.6. The highest BCUT2D eigenvalue weighted by molar-refractivity contribution is 7.86. The second kappa shape index (κ2) is 5.52. The average Bonchev–Trinajstić information content (AvgIpc) is 2.13. The SMILES string of the molecule is CC(C)(C)OC(=O)CN1CCN(S(N)(=O)=O)CC1. The third kappa shape index (κ3) is 5.30. The van der Waals surface area contributed by atoms with E-state index in [1.165, 1.54) is 4.31 Å². The quantitative estimate of drug-likeness (QED) is 0.679. The van der Waals surface area contributed by atoms with Crippen LogP contribution in [0, 0.1) is 0 Å². The van der Waals surface area contributed by atoms with E-state index in [1.54, 1.807) is 0 Å². The van der Waals surface area contributed by atoms with Crippen LogP contribution in [0.5, 0.6) is 0 Å². The van der Waals surface area contributed by atoms with Gasteiger partial charge >= 0.3 is 5.97 Å². The highest BCUT2D eigenvalue weighted by atomic mass is 32.2. The van der Waals surface area contributed by atoms with E-state index in [1.807, 2.05) is 25.7 Å². The fourth-order valence-corrected chi connectivity index (χ4v) is 2.37. The molecule has 0 saturated carbocycles. The molecule has 0 radical (unpaired) electrons. The van der Waals surface area contributed by atoms with Gasteiger partial charge in [-0.15, -0.1) is 0 Å². The number of esters is 1. The van der Waals surface area contributed by atoms with Crippen molar-refractivity contribution in [2.75, 3.05) is 32.7 Å². The molecule has 2 N–H and O–H groups in total. The lowest BCUT2D eigenvalue weighted by Crippen LogP contribution is -2.52. The molecule has 0 bridgehead atoms. The van der Waals surface area contributed by atoms with Crippen molar-refractivity contribution in [1.82, 2.24) is 9.21 Å². The number of nitrogens with two attached hydrogens (primary N) is 1. The number of hydrogen-bond donors (Lipinski definition) is 1. The fourth-order valence-electron chi connectivity index (χ4n) is 1.70. The first kappa shape index (κ1) is 15.4. The first-order valence-electron chi connectivity index (χ1n) is 5.80. The van der Waals surface area contributed by atoms with Gasteiger partial charge in [0.15, 0.2) is 0 Å². The summed E-state index contributed by atoms with van der Waals surface area (Å²) in [5, 5.41) is 5.03. The van der Waals surface area contributed by atoms with Gasteiger partial charge in [-0.05, 0) is 20.8 Å². The lowest BCUT2D eigenvalue weighted by Gasteiger charge is -2.32. The molecule has 1 fully saturated rings. The lowest BCUT2D eigenvalue weighted by atomic mass is 10.2. The van der Waals surface area contributed by atoms with E-state index in [0.717, 1.165) is 0 Å². The molecule has 1 rings (SSSR count). The summed E-state index contributed by atoms with van der Waals surface area (Å²) >= 11 is 0. The predicted molar refractivity (Wildman–Crippen MR) is 67.0 cm³/mol. The number of nitrogens with zero attached hydrogens (tertiary/aromatic N) is 2. The van der Waals surface area contributed by atoms with Crippen molar-refractivity contribution in [1.29, 1.82) is 0 Å². The molecule has 0 aromatic carbocycles. The molecule has 0 aromatic rings. The van der Waals surface area contributed by atoms with Gasteiger partial charge in [0.05, 0.1) is 6.54 Å². The molecule has 0 amide bonds.